The van der Waals surface area contributed by atoms with Crippen LogP contribution in [0.5, 0.6) is 5.75 Å². The van der Waals surface area contributed by atoms with Gasteiger partial charge in [0.25, 0.3) is 5.91 Å². The molecule has 1 heterocycles. The van der Waals surface area contributed by atoms with Gasteiger partial charge in [-0.3, -0.25) is 9.10 Å². The molecule has 1 aliphatic heterocycles. The summed E-state index contributed by atoms with van der Waals surface area (Å²) < 4.78 is 31.4. The molecule has 1 aliphatic rings. The number of aryl methyl sites for hydroxylation is 3. The molecule has 0 unspecified atom stereocenters. The van der Waals surface area contributed by atoms with Gasteiger partial charge in [0.15, 0.2) is 6.10 Å². The highest BCUT2D eigenvalue weighted by atomic mass is 32.2. The summed E-state index contributed by atoms with van der Waals surface area (Å²) in [5.74, 6) is 0.103. The number of benzene rings is 2. The zero-order valence-corrected chi connectivity index (χ0v) is 17.3. The van der Waals surface area contributed by atoms with Gasteiger partial charge in [0.2, 0.25) is 10.0 Å². The van der Waals surface area contributed by atoms with Crippen molar-refractivity contribution in [2.45, 2.75) is 32.8 Å². The minimum Gasteiger partial charge on any atom is -0.476 e. The van der Waals surface area contributed by atoms with Gasteiger partial charge >= 0.3 is 0 Å². The number of hydrogen-bond acceptors (Lipinski definition) is 4. The first-order valence-corrected chi connectivity index (χ1v) is 11.2. The van der Waals surface area contributed by atoms with E-state index in [0.29, 0.717) is 18.0 Å². The van der Waals surface area contributed by atoms with Crippen LogP contribution in [-0.4, -0.2) is 39.8 Å². The Bertz CT molecular complexity index is 955. The van der Waals surface area contributed by atoms with Crippen LogP contribution in [-0.2, 0) is 21.2 Å². The van der Waals surface area contributed by atoms with E-state index in [0.717, 1.165) is 24.7 Å². The van der Waals surface area contributed by atoms with Crippen molar-refractivity contribution in [2.24, 2.45) is 0 Å². The van der Waals surface area contributed by atoms with Gasteiger partial charge < -0.3 is 10.1 Å². The topological polar surface area (TPSA) is 75.7 Å². The van der Waals surface area contributed by atoms with Crippen molar-refractivity contribution in [3.8, 4) is 5.75 Å². The molecule has 1 atom stereocenters. The Kier molecular flexibility index (Phi) is 5.93. The van der Waals surface area contributed by atoms with Crippen LogP contribution in [0.1, 0.15) is 23.1 Å². The second-order valence-corrected chi connectivity index (χ2v) is 9.16. The van der Waals surface area contributed by atoms with E-state index in [9.17, 15) is 13.2 Å². The number of fused-ring (bicyclic) bond motifs is 1. The molecule has 7 heteroatoms. The van der Waals surface area contributed by atoms with Crippen LogP contribution in [0.15, 0.2) is 42.5 Å². The Labute approximate surface area is 166 Å². The Hall–Kier alpha value is -2.54. The Balaban J connectivity index is 1.61. The molecule has 2 aromatic carbocycles. The van der Waals surface area contributed by atoms with E-state index in [1.807, 2.05) is 19.9 Å². The summed E-state index contributed by atoms with van der Waals surface area (Å²) in [5.41, 5.74) is 3.85. The molecule has 0 saturated carbocycles. The van der Waals surface area contributed by atoms with Gasteiger partial charge in [-0.05, 0) is 49.9 Å². The average Bonchev–Trinajstić information content (AvgIpc) is 2.64. The smallest absolute Gasteiger partial charge is 0.263 e. The summed E-state index contributed by atoms with van der Waals surface area (Å²) in [7, 11) is -3.51. The number of anilines is 1. The Morgan fingerprint density at radius 2 is 1.82 bits per heavy atom. The molecule has 28 heavy (non-hydrogen) atoms. The van der Waals surface area contributed by atoms with Crippen molar-refractivity contribution in [2.75, 3.05) is 23.7 Å². The summed E-state index contributed by atoms with van der Waals surface area (Å²) in [5, 5.41) is 2.86. The van der Waals surface area contributed by atoms with Gasteiger partial charge in [-0.2, -0.15) is 0 Å². The molecule has 1 amide bonds. The highest BCUT2D eigenvalue weighted by molar-refractivity contribution is 7.92. The van der Waals surface area contributed by atoms with Crippen LogP contribution in [0.4, 0.5) is 5.69 Å². The van der Waals surface area contributed by atoms with Gasteiger partial charge in [-0.25, -0.2) is 8.42 Å². The quantitative estimate of drug-likeness (QED) is 0.754. The summed E-state index contributed by atoms with van der Waals surface area (Å²) in [6, 6.07) is 13.6. The number of carbonyl (C=O) groups is 1. The third-order valence-corrected chi connectivity index (χ3v) is 5.89. The van der Waals surface area contributed by atoms with Crippen molar-refractivity contribution >= 4 is 21.6 Å². The Morgan fingerprint density at radius 1 is 1.14 bits per heavy atom. The fourth-order valence-corrected chi connectivity index (χ4v) is 4.09. The lowest BCUT2D eigenvalue weighted by Gasteiger charge is -2.34. The van der Waals surface area contributed by atoms with E-state index in [-0.39, 0.29) is 12.5 Å². The molecule has 0 saturated heterocycles. The summed E-state index contributed by atoms with van der Waals surface area (Å²) in [6.45, 7) is 4.41. The normalized spacial score (nSPS) is 16.2. The number of nitrogens with zero attached hydrogens (tertiary/aromatic N) is 1. The zero-order chi connectivity index (χ0) is 20.3. The van der Waals surface area contributed by atoms with E-state index < -0.39 is 16.1 Å². The largest absolute Gasteiger partial charge is 0.476 e. The van der Waals surface area contributed by atoms with Gasteiger partial charge in [0.1, 0.15) is 5.75 Å². The van der Waals surface area contributed by atoms with Gasteiger partial charge in [0.05, 0.1) is 18.5 Å². The van der Waals surface area contributed by atoms with E-state index in [1.54, 1.807) is 12.1 Å². The lowest BCUT2D eigenvalue weighted by Crippen LogP contribution is -2.50. The predicted octanol–water partition coefficient (Wildman–Crippen LogP) is 2.58. The van der Waals surface area contributed by atoms with E-state index in [2.05, 4.69) is 29.6 Å². The lowest BCUT2D eigenvalue weighted by atomic mass is 10.1. The molecule has 0 bridgehead atoms. The monoisotopic (exact) mass is 402 g/mol. The van der Waals surface area contributed by atoms with Crippen LogP contribution in [0, 0.1) is 13.8 Å². The van der Waals surface area contributed by atoms with Crippen LogP contribution in [0.3, 0.4) is 0 Å². The fourth-order valence-electron chi connectivity index (χ4n) is 3.18. The summed E-state index contributed by atoms with van der Waals surface area (Å²) >= 11 is 0. The van der Waals surface area contributed by atoms with Crippen molar-refractivity contribution < 1.29 is 17.9 Å². The standard InChI is InChI=1S/C21H26N2O4S/c1-15-6-9-17(10-7-15)5-4-12-22-21(24)20-14-23(28(3,25)26)18-13-16(2)8-11-19(18)27-20/h6-11,13,20H,4-5,12,14H2,1-3H3,(H,22,24)/t20-/m1/s1. The average molecular weight is 403 g/mol. The molecule has 0 aliphatic carbocycles. The molecule has 1 N–H and O–H groups in total. The fraction of sp³-hybridized carbons (Fsp3) is 0.381. The molecule has 6 nitrogen and oxygen atoms in total. The lowest BCUT2D eigenvalue weighted by molar-refractivity contribution is -0.127. The molecule has 2 aromatic rings. The van der Waals surface area contributed by atoms with Gasteiger partial charge in [-0.1, -0.05) is 35.9 Å². The third kappa shape index (κ3) is 4.84. The SMILES string of the molecule is Cc1ccc(CCCNC(=O)[C@H]2CN(S(C)(=O)=O)c3cc(C)ccc3O2)cc1. The molecular weight excluding hydrogens is 376 g/mol. The number of hydrogen-bond donors (Lipinski definition) is 1. The second-order valence-electron chi connectivity index (χ2n) is 7.25. The van der Waals surface area contributed by atoms with Gasteiger partial charge in [0, 0.05) is 6.54 Å². The summed E-state index contributed by atoms with van der Waals surface area (Å²) in [4.78, 5) is 12.5. The maximum absolute atomic E-state index is 12.5. The number of sulfonamides is 1. The van der Waals surface area contributed by atoms with Gasteiger partial charge in [-0.15, -0.1) is 0 Å². The number of amides is 1. The minimum atomic E-state index is -3.51. The highest BCUT2D eigenvalue weighted by Crippen LogP contribution is 2.35. The van der Waals surface area contributed by atoms with E-state index in [1.165, 1.54) is 15.4 Å². The third-order valence-electron chi connectivity index (χ3n) is 4.74. The molecule has 0 spiro atoms. The molecule has 150 valence electrons. The summed E-state index contributed by atoms with van der Waals surface area (Å²) in [6.07, 6.45) is 1.93. The molecule has 0 radical (unpaired) electrons. The second kappa shape index (κ2) is 8.22. The van der Waals surface area contributed by atoms with E-state index >= 15 is 0 Å². The number of nitrogens with one attached hydrogen (secondary N) is 1. The van der Waals surface area contributed by atoms with E-state index in [4.69, 9.17) is 4.74 Å². The Morgan fingerprint density at radius 3 is 2.50 bits per heavy atom. The van der Waals surface area contributed by atoms with Crippen LogP contribution in [0.2, 0.25) is 0 Å². The molecular formula is C21H26N2O4S. The predicted molar refractivity (Wildman–Crippen MR) is 110 cm³/mol. The molecule has 0 fully saturated rings. The first kappa shape index (κ1) is 20.2. The number of carbonyl (C=O) groups excluding carboxylic acids is 1. The van der Waals surface area contributed by atoms with Crippen LogP contribution < -0.4 is 14.4 Å². The maximum Gasteiger partial charge on any atom is 0.263 e. The van der Waals surface area contributed by atoms with Crippen molar-refractivity contribution in [3.63, 3.8) is 0 Å². The molecule has 3 rings (SSSR count). The van der Waals surface area contributed by atoms with Crippen molar-refractivity contribution in [1.82, 2.24) is 5.32 Å². The van der Waals surface area contributed by atoms with Crippen LogP contribution in [0.25, 0.3) is 0 Å². The number of ether oxygens (including phenoxy) is 1. The molecule has 0 aromatic heterocycles. The van der Waals surface area contributed by atoms with Crippen LogP contribution >= 0.6 is 0 Å². The number of rotatable bonds is 6. The highest BCUT2D eigenvalue weighted by Gasteiger charge is 2.34. The first-order valence-electron chi connectivity index (χ1n) is 9.32. The maximum atomic E-state index is 12.5. The van der Waals surface area contributed by atoms with Crippen molar-refractivity contribution in [1.29, 1.82) is 0 Å². The minimum absolute atomic E-state index is 0.0287. The first-order chi connectivity index (χ1) is 13.2. The zero-order valence-electron chi connectivity index (χ0n) is 16.4. The van der Waals surface area contributed by atoms with Crippen molar-refractivity contribution in [3.05, 3.63) is 59.2 Å².